The van der Waals surface area contributed by atoms with Gasteiger partial charge in [-0.2, -0.15) is 5.10 Å². The van der Waals surface area contributed by atoms with E-state index in [1.165, 1.54) is 6.07 Å². The summed E-state index contributed by atoms with van der Waals surface area (Å²) in [5.74, 6) is -0.0391. The molecule has 0 amide bonds. The maximum absolute atomic E-state index is 12.2. The average molecular weight is 268 g/mol. The molecule has 0 aliphatic carbocycles. The first-order valence-corrected chi connectivity index (χ1v) is 6.20. The molecule has 3 aromatic rings. The number of furan rings is 1. The van der Waals surface area contributed by atoms with Crippen LogP contribution in [0, 0.1) is 6.92 Å². The first kappa shape index (κ1) is 12.3. The molecule has 5 heteroatoms. The van der Waals surface area contributed by atoms with Gasteiger partial charge in [0.15, 0.2) is 5.76 Å². The maximum Gasteiger partial charge on any atom is 0.267 e. The molecule has 0 fully saturated rings. The van der Waals surface area contributed by atoms with Crippen molar-refractivity contribution in [2.45, 2.75) is 13.5 Å². The summed E-state index contributed by atoms with van der Waals surface area (Å²) < 4.78 is 6.62. The fourth-order valence-electron chi connectivity index (χ4n) is 2.00. The fourth-order valence-corrected chi connectivity index (χ4v) is 2.00. The largest absolute Gasteiger partial charge is 0.453 e. The number of aromatic nitrogens is 2. The van der Waals surface area contributed by atoms with Crippen molar-refractivity contribution in [2.75, 3.05) is 0 Å². The lowest BCUT2D eigenvalue weighted by Crippen LogP contribution is -2.26. The minimum atomic E-state index is -0.305. The highest BCUT2D eigenvalue weighted by atomic mass is 16.3. The molecule has 0 aliphatic rings. The van der Waals surface area contributed by atoms with Gasteiger partial charge in [-0.3, -0.25) is 9.59 Å². The highest BCUT2D eigenvalue weighted by Gasteiger charge is 2.14. The third kappa shape index (κ3) is 2.25. The molecule has 0 spiro atoms. The average Bonchev–Trinajstić information content (AvgIpc) is 2.87. The van der Waals surface area contributed by atoms with Gasteiger partial charge in [-0.15, -0.1) is 0 Å². The fraction of sp³-hybridized carbons (Fsp3) is 0.133. The Hall–Kier alpha value is -2.69. The molecule has 2 heterocycles. The Morgan fingerprint density at radius 1 is 1.25 bits per heavy atom. The lowest BCUT2D eigenvalue weighted by Gasteiger charge is -2.02. The molecule has 0 bridgehead atoms. The minimum Gasteiger partial charge on any atom is -0.453 e. The summed E-state index contributed by atoms with van der Waals surface area (Å²) in [4.78, 5) is 23.8. The quantitative estimate of drug-likeness (QED) is 0.683. The zero-order valence-electron chi connectivity index (χ0n) is 10.9. The number of ketones is 1. The third-order valence-corrected chi connectivity index (χ3v) is 2.99. The predicted octanol–water partition coefficient (Wildman–Crippen LogP) is 2.18. The van der Waals surface area contributed by atoms with Crippen molar-refractivity contribution >= 4 is 16.8 Å². The molecule has 3 rings (SSSR count). The summed E-state index contributed by atoms with van der Waals surface area (Å²) in [6.07, 6.45) is 0. The number of fused-ring (bicyclic) bond motifs is 1. The van der Waals surface area contributed by atoms with Crippen LogP contribution in [0.1, 0.15) is 16.2 Å². The molecular weight excluding hydrogens is 256 g/mol. The number of carbonyl (C=O) groups excluding carboxylic acids is 1. The van der Waals surface area contributed by atoms with Crippen LogP contribution in [0.3, 0.4) is 0 Å². The SMILES string of the molecule is Cc1ccc(=O)n(CC(=O)c2cc3ccccc3o2)n1. The van der Waals surface area contributed by atoms with E-state index in [-0.39, 0.29) is 23.6 Å². The zero-order valence-corrected chi connectivity index (χ0v) is 10.9. The van der Waals surface area contributed by atoms with Gasteiger partial charge in [0, 0.05) is 11.5 Å². The van der Waals surface area contributed by atoms with Crippen LogP contribution in [0.25, 0.3) is 11.0 Å². The van der Waals surface area contributed by atoms with Crippen LogP contribution in [0.2, 0.25) is 0 Å². The molecule has 0 atom stereocenters. The van der Waals surface area contributed by atoms with Crippen LogP contribution in [0.15, 0.2) is 51.7 Å². The summed E-state index contributed by atoms with van der Waals surface area (Å²) in [6.45, 7) is 1.64. The van der Waals surface area contributed by atoms with Crippen LogP contribution in [0.4, 0.5) is 0 Å². The molecule has 100 valence electrons. The summed E-state index contributed by atoms with van der Waals surface area (Å²) in [5, 5.41) is 4.90. The standard InChI is InChI=1S/C15H12N2O3/c1-10-6-7-15(19)17(16-10)9-12(18)14-8-11-4-2-3-5-13(11)20-14/h2-8H,9H2,1H3. The summed E-state index contributed by atoms with van der Waals surface area (Å²) >= 11 is 0. The molecule has 5 nitrogen and oxygen atoms in total. The van der Waals surface area contributed by atoms with Crippen molar-refractivity contribution in [3.05, 3.63) is 64.3 Å². The van der Waals surface area contributed by atoms with Gasteiger partial charge in [-0.05, 0) is 25.1 Å². The Morgan fingerprint density at radius 2 is 2.05 bits per heavy atom. The van der Waals surface area contributed by atoms with Gasteiger partial charge >= 0.3 is 0 Å². The van der Waals surface area contributed by atoms with Crippen molar-refractivity contribution in [2.24, 2.45) is 0 Å². The lowest BCUT2D eigenvalue weighted by atomic mass is 10.2. The molecule has 20 heavy (non-hydrogen) atoms. The monoisotopic (exact) mass is 268 g/mol. The van der Waals surface area contributed by atoms with E-state index in [9.17, 15) is 9.59 Å². The van der Waals surface area contributed by atoms with E-state index >= 15 is 0 Å². The van der Waals surface area contributed by atoms with Crippen LogP contribution in [-0.2, 0) is 6.54 Å². The Morgan fingerprint density at radius 3 is 2.85 bits per heavy atom. The van der Waals surface area contributed by atoms with E-state index in [0.29, 0.717) is 11.3 Å². The number of carbonyl (C=O) groups is 1. The van der Waals surface area contributed by atoms with E-state index in [0.717, 1.165) is 10.1 Å². The van der Waals surface area contributed by atoms with E-state index < -0.39 is 0 Å². The molecule has 0 aliphatic heterocycles. The van der Waals surface area contributed by atoms with Crippen LogP contribution < -0.4 is 5.56 Å². The number of aryl methyl sites for hydroxylation is 1. The molecule has 0 saturated heterocycles. The normalized spacial score (nSPS) is 10.8. The molecule has 0 N–H and O–H groups in total. The molecule has 2 aromatic heterocycles. The van der Waals surface area contributed by atoms with Crippen LogP contribution >= 0.6 is 0 Å². The highest BCUT2D eigenvalue weighted by Crippen LogP contribution is 2.19. The van der Waals surface area contributed by atoms with Gasteiger partial charge in [-0.25, -0.2) is 4.68 Å². The van der Waals surface area contributed by atoms with Crippen molar-refractivity contribution < 1.29 is 9.21 Å². The van der Waals surface area contributed by atoms with E-state index in [2.05, 4.69) is 5.10 Å². The van der Waals surface area contributed by atoms with Crippen molar-refractivity contribution in [3.8, 4) is 0 Å². The number of benzene rings is 1. The van der Waals surface area contributed by atoms with E-state index in [4.69, 9.17) is 4.42 Å². The topological polar surface area (TPSA) is 65.1 Å². The zero-order chi connectivity index (χ0) is 14.1. The number of rotatable bonds is 3. The van der Waals surface area contributed by atoms with Gasteiger partial charge in [-0.1, -0.05) is 18.2 Å². The van der Waals surface area contributed by atoms with Crippen LogP contribution in [-0.4, -0.2) is 15.6 Å². The number of para-hydroxylation sites is 1. The molecular formula is C15H12N2O3. The van der Waals surface area contributed by atoms with Gasteiger partial charge in [0.05, 0.1) is 5.69 Å². The number of Topliss-reactive ketones (excluding diaryl/α,β-unsaturated/α-hetero) is 1. The second kappa shape index (κ2) is 4.77. The third-order valence-electron chi connectivity index (χ3n) is 2.99. The second-order valence-electron chi connectivity index (χ2n) is 4.54. The van der Waals surface area contributed by atoms with E-state index in [1.54, 1.807) is 25.1 Å². The van der Waals surface area contributed by atoms with Crippen LogP contribution in [0.5, 0.6) is 0 Å². The van der Waals surface area contributed by atoms with Crippen molar-refractivity contribution in [3.63, 3.8) is 0 Å². The number of hydrogen-bond donors (Lipinski definition) is 0. The Balaban J connectivity index is 1.92. The van der Waals surface area contributed by atoms with Gasteiger partial charge in [0.25, 0.3) is 5.56 Å². The number of nitrogens with zero attached hydrogens (tertiary/aromatic N) is 2. The summed E-state index contributed by atoms with van der Waals surface area (Å²) in [7, 11) is 0. The maximum atomic E-state index is 12.2. The minimum absolute atomic E-state index is 0.125. The first-order valence-electron chi connectivity index (χ1n) is 6.20. The second-order valence-corrected chi connectivity index (χ2v) is 4.54. The predicted molar refractivity (Wildman–Crippen MR) is 73.8 cm³/mol. The molecule has 1 aromatic carbocycles. The number of hydrogen-bond acceptors (Lipinski definition) is 4. The Kier molecular flexibility index (Phi) is 2.95. The van der Waals surface area contributed by atoms with Crippen molar-refractivity contribution in [1.82, 2.24) is 9.78 Å². The Bertz CT molecular complexity index is 812. The highest BCUT2D eigenvalue weighted by molar-refractivity contribution is 5.97. The molecule has 0 unspecified atom stereocenters. The van der Waals surface area contributed by atoms with Gasteiger partial charge in [0.2, 0.25) is 5.78 Å². The molecule has 0 saturated carbocycles. The van der Waals surface area contributed by atoms with Crippen molar-refractivity contribution in [1.29, 1.82) is 0 Å². The smallest absolute Gasteiger partial charge is 0.267 e. The lowest BCUT2D eigenvalue weighted by molar-refractivity contribution is 0.0940. The first-order chi connectivity index (χ1) is 9.63. The molecule has 0 radical (unpaired) electrons. The van der Waals surface area contributed by atoms with E-state index in [1.807, 2.05) is 18.2 Å². The van der Waals surface area contributed by atoms with Gasteiger partial charge in [0.1, 0.15) is 12.1 Å². The summed E-state index contributed by atoms with van der Waals surface area (Å²) in [5.41, 5.74) is 1.03. The Labute approximate surface area is 114 Å². The van der Waals surface area contributed by atoms with Gasteiger partial charge < -0.3 is 4.42 Å². The summed E-state index contributed by atoms with van der Waals surface area (Å²) in [6, 6.07) is 12.1.